The summed E-state index contributed by atoms with van der Waals surface area (Å²) in [5.74, 6) is -1.07. The zero-order valence-corrected chi connectivity index (χ0v) is 20.5. The second kappa shape index (κ2) is 10.0. The first kappa shape index (κ1) is 24.2. The summed E-state index contributed by atoms with van der Waals surface area (Å²) in [4.78, 5) is 33.6. The summed E-state index contributed by atoms with van der Waals surface area (Å²) < 4.78 is 5.63. The number of Topliss-reactive ketones (excluding diaryl/α,β-unsaturated/α-hetero) is 1. The molecule has 0 amide bonds. The standard InChI is InChI=1S/C27H38N2O3/c1-7-10-15-32-26(31)23-18(4)28-21-16-27(5,6)17-22(30)25(21)24(23)19-11-13-20(14-12-19)29(8-2)9-3/h11-14,23-24H,7-10,15-17H2,1-6H3/t23?,24-/m0/s1. The van der Waals surface area contributed by atoms with E-state index in [0.29, 0.717) is 18.6 Å². The smallest absolute Gasteiger partial charge is 0.315 e. The average Bonchev–Trinajstić information content (AvgIpc) is 2.73. The second-order valence-corrected chi connectivity index (χ2v) is 9.79. The summed E-state index contributed by atoms with van der Waals surface area (Å²) in [7, 11) is 0. The fourth-order valence-electron chi connectivity index (χ4n) is 5.00. The van der Waals surface area contributed by atoms with Crippen LogP contribution in [0, 0.1) is 11.3 Å². The lowest BCUT2D eigenvalue weighted by Crippen LogP contribution is -2.39. The van der Waals surface area contributed by atoms with Gasteiger partial charge < -0.3 is 9.64 Å². The SMILES string of the molecule is CCCCOC(=O)C1C(C)=NC2=C(C(=O)CC(C)(C)C2)[C@H]1c1ccc(N(CC)CC)cc1. The Kier molecular flexibility index (Phi) is 7.58. The molecule has 2 atom stereocenters. The minimum atomic E-state index is -0.560. The van der Waals surface area contributed by atoms with Crippen LogP contribution >= 0.6 is 0 Å². The van der Waals surface area contributed by atoms with Gasteiger partial charge in [-0.05, 0) is 56.7 Å². The van der Waals surface area contributed by atoms with Crippen molar-refractivity contribution in [1.29, 1.82) is 0 Å². The summed E-state index contributed by atoms with van der Waals surface area (Å²) in [5.41, 5.74) is 4.31. The van der Waals surface area contributed by atoms with Gasteiger partial charge in [-0.3, -0.25) is 14.6 Å². The molecule has 1 aliphatic carbocycles. The normalized spacial score (nSPS) is 22.3. The van der Waals surface area contributed by atoms with Gasteiger partial charge in [0, 0.05) is 48.1 Å². The van der Waals surface area contributed by atoms with E-state index in [1.807, 2.05) is 6.92 Å². The van der Waals surface area contributed by atoms with E-state index in [2.05, 4.69) is 63.8 Å². The maximum Gasteiger partial charge on any atom is 0.315 e. The van der Waals surface area contributed by atoms with E-state index in [-0.39, 0.29) is 23.1 Å². The van der Waals surface area contributed by atoms with Crippen molar-refractivity contribution in [1.82, 2.24) is 0 Å². The molecule has 1 unspecified atom stereocenters. The molecule has 0 bridgehead atoms. The number of benzene rings is 1. The number of carbonyl (C=O) groups is 2. The summed E-state index contributed by atoms with van der Waals surface area (Å²) >= 11 is 0. The van der Waals surface area contributed by atoms with E-state index in [9.17, 15) is 9.59 Å². The van der Waals surface area contributed by atoms with E-state index >= 15 is 0 Å². The van der Waals surface area contributed by atoms with E-state index < -0.39 is 5.92 Å². The zero-order valence-electron chi connectivity index (χ0n) is 20.5. The summed E-state index contributed by atoms with van der Waals surface area (Å²) in [6, 6.07) is 8.34. The largest absolute Gasteiger partial charge is 0.465 e. The molecule has 0 aromatic heterocycles. The lowest BCUT2D eigenvalue weighted by atomic mass is 9.67. The van der Waals surface area contributed by atoms with Crippen LogP contribution in [0.3, 0.4) is 0 Å². The molecule has 1 aliphatic heterocycles. The summed E-state index contributed by atoms with van der Waals surface area (Å²) in [5, 5.41) is 0. The predicted octanol–water partition coefficient (Wildman–Crippen LogP) is 5.69. The molecule has 3 rings (SSSR count). The van der Waals surface area contributed by atoms with Crippen LogP contribution in [0.5, 0.6) is 0 Å². The Morgan fingerprint density at radius 2 is 1.78 bits per heavy atom. The minimum absolute atomic E-state index is 0.108. The Bertz CT molecular complexity index is 907. The van der Waals surface area contributed by atoms with Gasteiger partial charge in [-0.15, -0.1) is 0 Å². The van der Waals surface area contributed by atoms with Crippen LogP contribution in [0.1, 0.15) is 78.7 Å². The number of allylic oxidation sites excluding steroid dienone is 2. The van der Waals surface area contributed by atoms with Gasteiger partial charge in [0.25, 0.3) is 0 Å². The van der Waals surface area contributed by atoms with Crippen molar-refractivity contribution >= 4 is 23.2 Å². The number of unbranched alkanes of at least 4 members (excludes halogenated alkanes) is 1. The maximum absolute atomic E-state index is 13.3. The van der Waals surface area contributed by atoms with Crippen molar-refractivity contribution in [3.8, 4) is 0 Å². The van der Waals surface area contributed by atoms with Gasteiger partial charge in [-0.1, -0.05) is 39.3 Å². The minimum Gasteiger partial charge on any atom is -0.465 e. The summed E-state index contributed by atoms with van der Waals surface area (Å²) in [6.07, 6.45) is 3.02. The third-order valence-electron chi connectivity index (χ3n) is 6.68. The first-order valence-corrected chi connectivity index (χ1v) is 12.0. The molecule has 5 nitrogen and oxygen atoms in total. The molecular formula is C27H38N2O3. The monoisotopic (exact) mass is 438 g/mol. The molecule has 0 saturated carbocycles. The lowest BCUT2D eigenvalue weighted by molar-refractivity contribution is -0.146. The molecule has 5 heteroatoms. The highest BCUT2D eigenvalue weighted by Gasteiger charge is 2.46. The number of aliphatic imine (C=N–C) groups is 1. The molecule has 1 aromatic rings. The molecule has 2 aliphatic rings. The molecule has 0 fully saturated rings. The number of ether oxygens (including phenoxy) is 1. The highest BCUT2D eigenvalue weighted by molar-refractivity contribution is 6.09. The number of hydrogen-bond donors (Lipinski definition) is 0. The Labute approximate surface area is 192 Å². The molecule has 0 saturated heterocycles. The number of esters is 1. The maximum atomic E-state index is 13.3. The highest BCUT2D eigenvalue weighted by Crippen LogP contribution is 2.48. The van der Waals surface area contributed by atoms with Gasteiger partial charge >= 0.3 is 5.97 Å². The number of ketones is 1. The lowest BCUT2D eigenvalue weighted by Gasteiger charge is -2.39. The fourth-order valence-corrected chi connectivity index (χ4v) is 5.00. The predicted molar refractivity (Wildman–Crippen MR) is 130 cm³/mol. The van der Waals surface area contributed by atoms with Crippen molar-refractivity contribution in [2.24, 2.45) is 16.3 Å². The summed E-state index contributed by atoms with van der Waals surface area (Å²) in [6.45, 7) is 14.7. The van der Waals surface area contributed by atoms with Crippen LogP contribution in [0.25, 0.3) is 0 Å². The van der Waals surface area contributed by atoms with Crippen molar-refractivity contribution in [2.75, 3.05) is 24.6 Å². The number of anilines is 1. The molecule has 0 radical (unpaired) electrons. The average molecular weight is 439 g/mol. The number of carbonyl (C=O) groups excluding carboxylic acids is 2. The highest BCUT2D eigenvalue weighted by atomic mass is 16.5. The third-order valence-corrected chi connectivity index (χ3v) is 6.68. The van der Waals surface area contributed by atoms with Crippen molar-refractivity contribution < 1.29 is 14.3 Å². The van der Waals surface area contributed by atoms with Crippen LogP contribution in [0.2, 0.25) is 0 Å². The van der Waals surface area contributed by atoms with E-state index in [0.717, 1.165) is 55.0 Å². The Morgan fingerprint density at radius 3 is 2.38 bits per heavy atom. The zero-order chi connectivity index (χ0) is 23.5. The Hall–Kier alpha value is -2.43. The van der Waals surface area contributed by atoms with Gasteiger partial charge in [0.15, 0.2) is 5.78 Å². The van der Waals surface area contributed by atoms with Crippen molar-refractivity contribution in [3.63, 3.8) is 0 Å². The molecular weight excluding hydrogens is 400 g/mol. The first-order chi connectivity index (χ1) is 15.2. The third kappa shape index (κ3) is 4.97. The van der Waals surface area contributed by atoms with Crippen molar-refractivity contribution in [3.05, 3.63) is 41.1 Å². The van der Waals surface area contributed by atoms with Crippen LogP contribution in [-0.2, 0) is 14.3 Å². The number of rotatable bonds is 8. The van der Waals surface area contributed by atoms with Gasteiger partial charge in [-0.2, -0.15) is 0 Å². The molecule has 0 spiro atoms. The van der Waals surface area contributed by atoms with E-state index in [1.54, 1.807) is 0 Å². The molecule has 32 heavy (non-hydrogen) atoms. The molecule has 1 heterocycles. The Balaban J connectivity index is 2.05. The van der Waals surface area contributed by atoms with Gasteiger partial charge in [0.05, 0.1) is 6.61 Å². The number of hydrogen-bond acceptors (Lipinski definition) is 5. The van der Waals surface area contributed by atoms with E-state index in [1.165, 1.54) is 0 Å². The van der Waals surface area contributed by atoms with Crippen molar-refractivity contribution in [2.45, 2.75) is 73.1 Å². The molecule has 174 valence electrons. The number of nitrogens with zero attached hydrogens (tertiary/aromatic N) is 2. The van der Waals surface area contributed by atoms with Crippen LogP contribution in [0.15, 0.2) is 40.5 Å². The van der Waals surface area contributed by atoms with E-state index in [4.69, 9.17) is 9.73 Å². The van der Waals surface area contributed by atoms with Gasteiger partial charge in [-0.25, -0.2) is 0 Å². The second-order valence-electron chi connectivity index (χ2n) is 9.79. The van der Waals surface area contributed by atoms with Gasteiger partial charge in [0.1, 0.15) is 5.92 Å². The molecule has 0 N–H and O–H groups in total. The Morgan fingerprint density at radius 1 is 1.12 bits per heavy atom. The molecule has 1 aromatic carbocycles. The first-order valence-electron chi connectivity index (χ1n) is 12.0. The van der Waals surface area contributed by atoms with Crippen LogP contribution in [0.4, 0.5) is 5.69 Å². The topological polar surface area (TPSA) is 59.0 Å². The van der Waals surface area contributed by atoms with Crippen LogP contribution in [-0.4, -0.2) is 37.2 Å². The fraction of sp³-hybridized carbons (Fsp3) is 0.593. The van der Waals surface area contributed by atoms with Crippen LogP contribution < -0.4 is 4.90 Å². The van der Waals surface area contributed by atoms with Gasteiger partial charge in [0.2, 0.25) is 0 Å². The quantitative estimate of drug-likeness (QED) is 0.386.